The van der Waals surface area contributed by atoms with Crippen molar-refractivity contribution in [2.45, 2.75) is 20.8 Å². The SMILES string of the molecule is CCSCCN1C(=O)C(=O)c2ccc(C)c(C)c21. The van der Waals surface area contributed by atoms with E-state index in [4.69, 9.17) is 0 Å². The molecule has 1 aromatic rings. The summed E-state index contributed by atoms with van der Waals surface area (Å²) in [4.78, 5) is 25.5. The van der Waals surface area contributed by atoms with Crippen molar-refractivity contribution >= 4 is 29.1 Å². The molecule has 96 valence electrons. The Labute approximate surface area is 112 Å². The van der Waals surface area contributed by atoms with Crippen molar-refractivity contribution in [2.75, 3.05) is 23.0 Å². The summed E-state index contributed by atoms with van der Waals surface area (Å²) in [5, 5.41) is 0. The molecule has 1 aliphatic rings. The van der Waals surface area contributed by atoms with Crippen LogP contribution in [0.15, 0.2) is 12.1 Å². The van der Waals surface area contributed by atoms with E-state index in [2.05, 4.69) is 6.92 Å². The molecule has 0 aromatic heterocycles. The van der Waals surface area contributed by atoms with Gasteiger partial charge in [-0.25, -0.2) is 0 Å². The molecule has 0 atom stereocenters. The zero-order chi connectivity index (χ0) is 13.3. The predicted molar refractivity (Wildman–Crippen MR) is 75.6 cm³/mol. The molecule has 0 spiro atoms. The molecule has 0 unspecified atom stereocenters. The second-order valence-electron chi connectivity index (χ2n) is 4.39. The van der Waals surface area contributed by atoms with E-state index in [1.165, 1.54) is 0 Å². The van der Waals surface area contributed by atoms with Crippen molar-refractivity contribution in [2.24, 2.45) is 0 Å². The number of thioether (sulfide) groups is 1. The number of hydrogen-bond acceptors (Lipinski definition) is 3. The van der Waals surface area contributed by atoms with E-state index >= 15 is 0 Å². The van der Waals surface area contributed by atoms with Gasteiger partial charge in [-0.2, -0.15) is 11.8 Å². The molecular formula is C14H17NO2S. The van der Waals surface area contributed by atoms with Crippen LogP contribution in [0.3, 0.4) is 0 Å². The first-order valence-electron chi connectivity index (χ1n) is 6.12. The van der Waals surface area contributed by atoms with Crippen molar-refractivity contribution in [3.05, 3.63) is 28.8 Å². The lowest BCUT2D eigenvalue weighted by Gasteiger charge is -2.19. The van der Waals surface area contributed by atoms with Gasteiger partial charge >= 0.3 is 0 Å². The average molecular weight is 263 g/mol. The summed E-state index contributed by atoms with van der Waals surface area (Å²) in [5.74, 6) is 1.14. The van der Waals surface area contributed by atoms with Crippen LogP contribution in [0.1, 0.15) is 28.4 Å². The number of benzene rings is 1. The summed E-state index contributed by atoms with van der Waals surface area (Å²) >= 11 is 1.78. The minimum atomic E-state index is -0.379. The number of Topliss-reactive ketones (excluding diaryl/α,β-unsaturated/α-hetero) is 1. The third kappa shape index (κ3) is 2.05. The molecule has 0 fully saturated rings. The van der Waals surface area contributed by atoms with Crippen LogP contribution in [-0.2, 0) is 4.79 Å². The number of amides is 1. The Hall–Kier alpha value is -1.29. The lowest BCUT2D eigenvalue weighted by Crippen LogP contribution is -2.32. The number of hydrogen-bond donors (Lipinski definition) is 0. The highest BCUT2D eigenvalue weighted by Gasteiger charge is 2.36. The number of nitrogens with zero attached hydrogens (tertiary/aromatic N) is 1. The van der Waals surface area contributed by atoms with Crippen molar-refractivity contribution in [3.63, 3.8) is 0 Å². The highest BCUT2D eigenvalue weighted by molar-refractivity contribution is 7.99. The minimum Gasteiger partial charge on any atom is -0.304 e. The van der Waals surface area contributed by atoms with Crippen LogP contribution in [0.2, 0.25) is 0 Å². The zero-order valence-electron chi connectivity index (χ0n) is 10.9. The number of carbonyl (C=O) groups excluding carboxylic acids is 2. The summed E-state index contributed by atoms with van der Waals surface area (Å²) in [5.41, 5.74) is 3.53. The van der Waals surface area contributed by atoms with E-state index in [0.29, 0.717) is 12.1 Å². The molecule has 1 amide bonds. The Balaban J connectivity index is 2.37. The molecule has 0 radical (unpaired) electrons. The molecule has 1 heterocycles. The summed E-state index contributed by atoms with van der Waals surface area (Å²) < 4.78 is 0. The standard InChI is InChI=1S/C14H17NO2S/c1-4-18-8-7-15-12-10(3)9(2)5-6-11(12)13(16)14(15)17/h5-6H,4,7-8H2,1-3H3. The van der Waals surface area contributed by atoms with Gasteiger partial charge in [0.1, 0.15) is 0 Å². The highest BCUT2D eigenvalue weighted by atomic mass is 32.2. The van der Waals surface area contributed by atoms with E-state index in [1.807, 2.05) is 19.9 Å². The number of aryl methyl sites for hydroxylation is 1. The first-order chi connectivity index (χ1) is 8.57. The molecule has 18 heavy (non-hydrogen) atoms. The van der Waals surface area contributed by atoms with E-state index in [-0.39, 0.29) is 11.7 Å². The van der Waals surface area contributed by atoms with Gasteiger partial charge in [0, 0.05) is 12.3 Å². The van der Waals surface area contributed by atoms with Crippen molar-refractivity contribution in [3.8, 4) is 0 Å². The quantitative estimate of drug-likeness (QED) is 0.619. The molecule has 0 bridgehead atoms. The first-order valence-corrected chi connectivity index (χ1v) is 7.27. The normalized spacial score (nSPS) is 14.3. The fourth-order valence-corrected chi connectivity index (χ4v) is 2.79. The van der Waals surface area contributed by atoms with Crippen LogP contribution in [0.5, 0.6) is 0 Å². The molecule has 0 saturated carbocycles. The number of ketones is 1. The van der Waals surface area contributed by atoms with Crippen LogP contribution >= 0.6 is 11.8 Å². The largest absolute Gasteiger partial charge is 0.304 e. The van der Waals surface area contributed by atoms with Crippen LogP contribution < -0.4 is 4.90 Å². The van der Waals surface area contributed by atoms with Crippen LogP contribution in [0.4, 0.5) is 5.69 Å². The Morgan fingerprint density at radius 1 is 1.22 bits per heavy atom. The third-order valence-corrected chi connectivity index (χ3v) is 4.20. The fourth-order valence-electron chi connectivity index (χ4n) is 2.18. The van der Waals surface area contributed by atoms with Gasteiger partial charge in [-0.05, 0) is 36.8 Å². The third-order valence-electron chi connectivity index (χ3n) is 3.32. The van der Waals surface area contributed by atoms with Gasteiger partial charge in [0.05, 0.1) is 11.3 Å². The number of anilines is 1. The molecular weight excluding hydrogens is 246 g/mol. The van der Waals surface area contributed by atoms with E-state index in [1.54, 1.807) is 22.7 Å². The molecule has 4 heteroatoms. The van der Waals surface area contributed by atoms with E-state index < -0.39 is 0 Å². The summed E-state index contributed by atoms with van der Waals surface area (Å²) in [6.07, 6.45) is 0. The van der Waals surface area contributed by atoms with Crippen LogP contribution in [0, 0.1) is 13.8 Å². The zero-order valence-corrected chi connectivity index (χ0v) is 11.8. The van der Waals surface area contributed by atoms with Crippen molar-refractivity contribution in [1.82, 2.24) is 0 Å². The van der Waals surface area contributed by atoms with Crippen molar-refractivity contribution in [1.29, 1.82) is 0 Å². The second-order valence-corrected chi connectivity index (χ2v) is 5.78. The monoisotopic (exact) mass is 263 g/mol. The predicted octanol–water partition coefficient (Wildman–Crippen LogP) is 2.59. The second kappa shape index (κ2) is 5.14. The number of carbonyl (C=O) groups is 2. The Bertz CT molecular complexity index is 511. The molecule has 0 N–H and O–H groups in total. The van der Waals surface area contributed by atoms with Gasteiger partial charge < -0.3 is 4.90 Å². The Morgan fingerprint density at radius 3 is 2.61 bits per heavy atom. The lowest BCUT2D eigenvalue weighted by molar-refractivity contribution is -0.114. The highest BCUT2D eigenvalue weighted by Crippen LogP contribution is 2.34. The summed E-state index contributed by atoms with van der Waals surface area (Å²) in [7, 11) is 0. The summed E-state index contributed by atoms with van der Waals surface area (Å²) in [6.45, 7) is 6.67. The molecule has 1 aromatic carbocycles. The number of rotatable bonds is 4. The van der Waals surface area contributed by atoms with Gasteiger partial charge in [-0.15, -0.1) is 0 Å². The van der Waals surface area contributed by atoms with Gasteiger partial charge in [0.25, 0.3) is 11.7 Å². The molecule has 3 nitrogen and oxygen atoms in total. The molecule has 1 aliphatic heterocycles. The topological polar surface area (TPSA) is 37.4 Å². The van der Waals surface area contributed by atoms with Crippen LogP contribution in [-0.4, -0.2) is 29.7 Å². The first kappa shape index (κ1) is 13.1. The molecule has 0 saturated heterocycles. The maximum absolute atomic E-state index is 12.0. The van der Waals surface area contributed by atoms with Gasteiger partial charge in [0.15, 0.2) is 0 Å². The average Bonchev–Trinajstić information content (AvgIpc) is 2.60. The molecule has 0 aliphatic carbocycles. The fraction of sp³-hybridized carbons (Fsp3) is 0.429. The Morgan fingerprint density at radius 2 is 1.94 bits per heavy atom. The summed E-state index contributed by atoms with van der Waals surface area (Å²) in [6, 6.07) is 3.68. The minimum absolute atomic E-state index is 0.366. The number of fused-ring (bicyclic) bond motifs is 1. The van der Waals surface area contributed by atoms with Gasteiger partial charge in [-0.3, -0.25) is 9.59 Å². The van der Waals surface area contributed by atoms with Gasteiger partial charge in [0.2, 0.25) is 0 Å². The van der Waals surface area contributed by atoms with E-state index in [9.17, 15) is 9.59 Å². The van der Waals surface area contributed by atoms with Gasteiger partial charge in [-0.1, -0.05) is 13.0 Å². The molecule has 2 rings (SSSR count). The maximum atomic E-state index is 12.0. The smallest absolute Gasteiger partial charge is 0.299 e. The van der Waals surface area contributed by atoms with Crippen LogP contribution in [0.25, 0.3) is 0 Å². The lowest BCUT2D eigenvalue weighted by atomic mass is 10.0. The maximum Gasteiger partial charge on any atom is 0.299 e. The Kier molecular flexibility index (Phi) is 3.76. The van der Waals surface area contributed by atoms with E-state index in [0.717, 1.165) is 28.3 Å². The van der Waals surface area contributed by atoms with Crippen molar-refractivity contribution < 1.29 is 9.59 Å².